The number of aromatic nitrogens is 2. The van der Waals surface area contributed by atoms with Crippen LogP contribution >= 0.6 is 11.8 Å². The number of anilines is 1. The molecular formula is C20H19N3O5S2. The molecule has 2 heterocycles. The number of fused-ring (bicyclic) bond motifs is 1. The van der Waals surface area contributed by atoms with E-state index in [1.807, 2.05) is 30.5 Å². The third kappa shape index (κ3) is 3.92. The summed E-state index contributed by atoms with van der Waals surface area (Å²) in [4.78, 5) is 19.5. The number of rotatable bonds is 6. The Labute approximate surface area is 178 Å². The molecule has 0 aliphatic carbocycles. The first-order chi connectivity index (χ1) is 14.4. The maximum absolute atomic E-state index is 12.5. The minimum absolute atomic E-state index is 0.0146. The molecule has 1 aliphatic rings. The zero-order valence-electron chi connectivity index (χ0n) is 16.4. The van der Waals surface area contributed by atoms with E-state index < -0.39 is 9.84 Å². The van der Waals surface area contributed by atoms with Crippen LogP contribution in [0.2, 0.25) is 0 Å². The second kappa shape index (κ2) is 8.11. The van der Waals surface area contributed by atoms with Crippen LogP contribution in [0.15, 0.2) is 56.8 Å². The van der Waals surface area contributed by atoms with E-state index in [2.05, 4.69) is 10.1 Å². The molecule has 0 bridgehead atoms. The number of carbonyl (C=O) groups excluding carboxylic acids is 1. The molecule has 0 unspecified atom stereocenters. The summed E-state index contributed by atoms with van der Waals surface area (Å²) in [5.41, 5.74) is 1.16. The fourth-order valence-electron chi connectivity index (χ4n) is 3.03. The van der Waals surface area contributed by atoms with E-state index in [-0.39, 0.29) is 35.6 Å². The predicted octanol–water partition coefficient (Wildman–Crippen LogP) is 3.18. The van der Waals surface area contributed by atoms with Gasteiger partial charge in [-0.2, -0.15) is 4.98 Å². The molecule has 0 spiro atoms. The van der Waals surface area contributed by atoms with Crippen LogP contribution in [-0.4, -0.2) is 43.1 Å². The highest BCUT2D eigenvalue weighted by atomic mass is 32.2. The third-order valence-corrected chi connectivity index (χ3v) is 7.20. The molecule has 0 radical (unpaired) electrons. The summed E-state index contributed by atoms with van der Waals surface area (Å²) < 4.78 is 35.3. The molecule has 30 heavy (non-hydrogen) atoms. The molecule has 10 heteroatoms. The van der Waals surface area contributed by atoms with E-state index >= 15 is 0 Å². The number of ether oxygens (including phenoxy) is 1. The number of benzene rings is 2. The largest absolute Gasteiger partial charge is 0.482 e. The molecule has 3 aromatic rings. The number of amides is 1. The summed E-state index contributed by atoms with van der Waals surface area (Å²) in [6.45, 7) is 1.44. The molecule has 0 saturated heterocycles. The van der Waals surface area contributed by atoms with E-state index in [1.165, 1.54) is 17.0 Å². The first-order valence-corrected chi connectivity index (χ1v) is 12.1. The maximum atomic E-state index is 12.5. The highest BCUT2D eigenvalue weighted by Gasteiger charge is 2.29. The monoisotopic (exact) mass is 445 g/mol. The quantitative estimate of drug-likeness (QED) is 0.533. The Hall–Kier alpha value is -2.85. The van der Waals surface area contributed by atoms with Gasteiger partial charge in [-0.1, -0.05) is 12.1 Å². The minimum Gasteiger partial charge on any atom is -0.482 e. The van der Waals surface area contributed by atoms with E-state index in [0.717, 1.165) is 10.5 Å². The zero-order chi connectivity index (χ0) is 21.3. The Morgan fingerprint density at radius 1 is 1.17 bits per heavy atom. The van der Waals surface area contributed by atoms with Gasteiger partial charge in [-0.3, -0.25) is 9.69 Å². The Balaban J connectivity index is 1.63. The summed E-state index contributed by atoms with van der Waals surface area (Å²) in [7, 11) is -3.43. The van der Waals surface area contributed by atoms with Gasteiger partial charge in [0.15, 0.2) is 16.4 Å². The average Bonchev–Trinajstić information content (AvgIpc) is 3.24. The second-order valence-electron chi connectivity index (χ2n) is 6.54. The van der Waals surface area contributed by atoms with Gasteiger partial charge < -0.3 is 9.26 Å². The van der Waals surface area contributed by atoms with Gasteiger partial charge in [0.25, 0.3) is 5.91 Å². The van der Waals surface area contributed by atoms with Crippen LogP contribution in [0, 0.1) is 0 Å². The number of hydrogen-bond donors (Lipinski definition) is 0. The molecule has 0 N–H and O–H groups in total. The molecule has 2 aromatic carbocycles. The van der Waals surface area contributed by atoms with Crippen molar-refractivity contribution in [3.8, 4) is 17.1 Å². The van der Waals surface area contributed by atoms with Crippen LogP contribution in [0.3, 0.4) is 0 Å². The van der Waals surface area contributed by atoms with Crippen molar-refractivity contribution in [1.82, 2.24) is 10.1 Å². The lowest BCUT2D eigenvalue weighted by Crippen LogP contribution is -2.38. The van der Waals surface area contributed by atoms with Crippen molar-refractivity contribution >= 4 is 33.2 Å². The Morgan fingerprint density at radius 3 is 2.63 bits per heavy atom. The molecule has 1 aromatic heterocycles. The lowest BCUT2D eigenvalue weighted by atomic mass is 10.2. The summed E-state index contributed by atoms with van der Waals surface area (Å²) in [5.74, 6) is 0.725. The van der Waals surface area contributed by atoms with Crippen molar-refractivity contribution in [1.29, 1.82) is 0 Å². The first kappa shape index (κ1) is 20.4. The van der Waals surface area contributed by atoms with Gasteiger partial charge in [-0.05, 0) is 48.7 Å². The number of sulfone groups is 1. The fourth-order valence-corrected chi connectivity index (χ4v) is 4.34. The van der Waals surface area contributed by atoms with Crippen molar-refractivity contribution in [2.45, 2.75) is 23.3 Å². The van der Waals surface area contributed by atoms with E-state index in [1.54, 1.807) is 24.8 Å². The molecule has 0 atom stereocenters. The van der Waals surface area contributed by atoms with Crippen LogP contribution in [0.1, 0.15) is 12.8 Å². The molecule has 1 amide bonds. The molecule has 4 rings (SSSR count). The molecule has 0 saturated carbocycles. The number of thioether (sulfide) groups is 1. The van der Waals surface area contributed by atoms with Crippen molar-refractivity contribution in [3.63, 3.8) is 0 Å². The lowest BCUT2D eigenvalue weighted by Gasteiger charge is -2.28. The van der Waals surface area contributed by atoms with Crippen LogP contribution in [0.4, 0.5) is 5.69 Å². The minimum atomic E-state index is -3.43. The summed E-state index contributed by atoms with van der Waals surface area (Å²) in [5, 5.41) is 4.00. The number of nitrogens with zero attached hydrogens (tertiary/aromatic N) is 3. The maximum Gasteiger partial charge on any atom is 0.265 e. The molecule has 156 valence electrons. The van der Waals surface area contributed by atoms with E-state index in [4.69, 9.17) is 9.26 Å². The molecule has 0 fully saturated rings. The average molecular weight is 446 g/mol. The summed E-state index contributed by atoms with van der Waals surface area (Å²) in [6.07, 6.45) is 2.00. The Kier molecular flexibility index (Phi) is 5.52. The molecular weight excluding hydrogens is 426 g/mol. The normalized spacial score (nSPS) is 13.8. The topological polar surface area (TPSA) is 103 Å². The lowest BCUT2D eigenvalue weighted by molar-refractivity contribution is -0.121. The highest BCUT2D eigenvalue weighted by molar-refractivity contribution is 7.98. The zero-order valence-corrected chi connectivity index (χ0v) is 18.0. The first-order valence-electron chi connectivity index (χ1n) is 9.18. The summed E-state index contributed by atoms with van der Waals surface area (Å²) in [6, 6.07) is 12.2. The van der Waals surface area contributed by atoms with Crippen molar-refractivity contribution in [2.24, 2.45) is 0 Å². The third-order valence-electron chi connectivity index (χ3n) is 4.72. The van der Waals surface area contributed by atoms with Crippen LogP contribution in [0.5, 0.6) is 5.75 Å². The SMILES string of the molecule is CCS(=O)(=O)c1ccc2c(c1)N(Cc1nc(-c3ccc(SC)cc3)no1)C(=O)CO2. The van der Waals surface area contributed by atoms with Crippen molar-refractivity contribution in [2.75, 3.05) is 23.5 Å². The molecule has 8 nitrogen and oxygen atoms in total. The van der Waals surface area contributed by atoms with Gasteiger partial charge in [0.2, 0.25) is 11.7 Å². The van der Waals surface area contributed by atoms with Crippen LogP contribution < -0.4 is 9.64 Å². The Morgan fingerprint density at radius 2 is 1.93 bits per heavy atom. The van der Waals surface area contributed by atoms with Crippen LogP contribution in [0.25, 0.3) is 11.4 Å². The standard InChI is InChI=1S/C20H19N3O5S2/c1-3-30(25,26)15-8-9-17-16(10-15)23(19(24)12-27-17)11-18-21-20(22-28-18)13-4-6-14(29-2)7-5-13/h4-10H,3,11-12H2,1-2H3. The van der Waals surface area contributed by atoms with Gasteiger partial charge in [-0.25, -0.2) is 8.42 Å². The van der Waals surface area contributed by atoms with Crippen LogP contribution in [-0.2, 0) is 21.2 Å². The highest BCUT2D eigenvalue weighted by Crippen LogP contribution is 2.35. The summed E-state index contributed by atoms with van der Waals surface area (Å²) >= 11 is 1.64. The van der Waals surface area contributed by atoms with Gasteiger partial charge in [0, 0.05) is 10.5 Å². The van der Waals surface area contributed by atoms with E-state index in [0.29, 0.717) is 17.3 Å². The predicted molar refractivity (Wildman–Crippen MR) is 112 cm³/mol. The van der Waals surface area contributed by atoms with Crippen molar-refractivity contribution < 1.29 is 22.5 Å². The van der Waals surface area contributed by atoms with Gasteiger partial charge in [0.05, 0.1) is 16.3 Å². The second-order valence-corrected chi connectivity index (χ2v) is 9.70. The Bertz CT molecular complexity index is 1190. The fraction of sp³-hybridized carbons (Fsp3) is 0.250. The van der Waals surface area contributed by atoms with Gasteiger partial charge in [0.1, 0.15) is 12.3 Å². The molecule has 1 aliphatic heterocycles. The van der Waals surface area contributed by atoms with Crippen molar-refractivity contribution in [3.05, 3.63) is 48.4 Å². The van der Waals surface area contributed by atoms with Gasteiger partial charge >= 0.3 is 0 Å². The smallest absolute Gasteiger partial charge is 0.265 e. The van der Waals surface area contributed by atoms with Gasteiger partial charge in [-0.15, -0.1) is 11.8 Å². The number of carbonyl (C=O) groups is 1. The number of hydrogen-bond acceptors (Lipinski definition) is 8. The van der Waals surface area contributed by atoms with E-state index in [9.17, 15) is 13.2 Å².